The van der Waals surface area contributed by atoms with Crippen molar-refractivity contribution in [3.05, 3.63) is 50.6 Å². The number of amides is 3. The average molecular weight is 431 g/mol. The van der Waals surface area contributed by atoms with Crippen LogP contribution in [0.5, 0.6) is 0 Å². The van der Waals surface area contributed by atoms with Gasteiger partial charge in [0.15, 0.2) is 0 Å². The van der Waals surface area contributed by atoms with Crippen molar-refractivity contribution in [2.75, 3.05) is 52.6 Å². The number of urea groups is 1. The van der Waals surface area contributed by atoms with Gasteiger partial charge in [-0.2, -0.15) is 0 Å². The second-order valence-electron chi connectivity index (χ2n) is 7.94. The monoisotopic (exact) mass is 430 g/mol. The van der Waals surface area contributed by atoms with Crippen molar-refractivity contribution in [1.29, 1.82) is 0 Å². The van der Waals surface area contributed by atoms with Crippen LogP contribution < -0.4 is 0 Å². The van der Waals surface area contributed by atoms with Crippen LogP contribution in [0.3, 0.4) is 0 Å². The zero-order valence-corrected chi connectivity index (χ0v) is 18.3. The lowest BCUT2D eigenvalue weighted by atomic mass is 9.88. The standard InChI is InChI=1S/C23H34N4O4/c1-5-9-23(10-6-2)21(28)26(19(7-3)24-11-15-30-16-12-24)22(29)27(23)20(8-4)25-13-17-31-18-14-25/h5-8,19-20H,1-4,9-18H2. The molecule has 0 aromatic heterocycles. The molecule has 3 aliphatic heterocycles. The van der Waals surface area contributed by atoms with Crippen molar-refractivity contribution < 1.29 is 19.1 Å². The molecule has 31 heavy (non-hydrogen) atoms. The molecule has 0 N–H and O–H groups in total. The lowest BCUT2D eigenvalue weighted by Crippen LogP contribution is -2.60. The van der Waals surface area contributed by atoms with Gasteiger partial charge in [0, 0.05) is 26.2 Å². The summed E-state index contributed by atoms with van der Waals surface area (Å²) >= 11 is 0. The molecular weight excluding hydrogens is 396 g/mol. The van der Waals surface area contributed by atoms with Gasteiger partial charge in [-0.1, -0.05) is 37.5 Å². The van der Waals surface area contributed by atoms with E-state index >= 15 is 0 Å². The molecule has 3 aliphatic rings. The van der Waals surface area contributed by atoms with E-state index in [0.29, 0.717) is 65.4 Å². The van der Waals surface area contributed by atoms with Crippen molar-refractivity contribution >= 4 is 11.9 Å². The molecule has 0 spiro atoms. The Morgan fingerprint density at radius 3 is 1.68 bits per heavy atom. The molecule has 3 fully saturated rings. The Morgan fingerprint density at radius 2 is 1.26 bits per heavy atom. The summed E-state index contributed by atoms with van der Waals surface area (Å²) in [5.41, 5.74) is -1.11. The molecule has 3 saturated heterocycles. The lowest BCUT2D eigenvalue weighted by Gasteiger charge is -2.44. The molecule has 170 valence electrons. The van der Waals surface area contributed by atoms with Crippen molar-refractivity contribution in [3.8, 4) is 0 Å². The number of morpholine rings is 2. The maximum Gasteiger partial charge on any atom is 0.330 e. The van der Waals surface area contributed by atoms with E-state index in [9.17, 15) is 9.59 Å². The molecule has 8 nitrogen and oxygen atoms in total. The molecular formula is C23H34N4O4. The number of rotatable bonds is 10. The van der Waals surface area contributed by atoms with E-state index in [1.165, 1.54) is 4.90 Å². The smallest absolute Gasteiger partial charge is 0.330 e. The molecule has 8 heteroatoms. The topological polar surface area (TPSA) is 65.6 Å². The van der Waals surface area contributed by atoms with Gasteiger partial charge in [0.1, 0.15) is 17.9 Å². The molecule has 2 unspecified atom stereocenters. The van der Waals surface area contributed by atoms with Crippen LogP contribution in [0.4, 0.5) is 4.79 Å². The van der Waals surface area contributed by atoms with Crippen LogP contribution in [0.25, 0.3) is 0 Å². The highest BCUT2D eigenvalue weighted by Gasteiger charge is 2.60. The fraction of sp³-hybridized carbons (Fsp3) is 0.565. The minimum Gasteiger partial charge on any atom is -0.379 e. The maximum atomic E-state index is 14.0. The number of carbonyl (C=O) groups excluding carboxylic acids is 2. The molecule has 2 atom stereocenters. The van der Waals surface area contributed by atoms with Crippen molar-refractivity contribution in [1.82, 2.24) is 19.6 Å². The van der Waals surface area contributed by atoms with E-state index in [4.69, 9.17) is 9.47 Å². The van der Waals surface area contributed by atoms with Gasteiger partial charge in [0.05, 0.1) is 26.4 Å². The Labute approximate surface area is 185 Å². The van der Waals surface area contributed by atoms with E-state index in [1.54, 1.807) is 29.2 Å². The SMILES string of the molecule is C=CCC1(CC=C)C(=O)N(C(C=C)N2CCOCC2)C(=O)N1C(C=C)N1CCOCC1. The first-order chi connectivity index (χ1) is 15.1. The molecule has 0 aliphatic carbocycles. The van der Waals surface area contributed by atoms with Crippen LogP contribution in [0.1, 0.15) is 12.8 Å². The molecule has 3 amide bonds. The van der Waals surface area contributed by atoms with Crippen molar-refractivity contribution in [2.24, 2.45) is 0 Å². The van der Waals surface area contributed by atoms with Crippen LogP contribution in [0, 0.1) is 0 Å². The minimum absolute atomic E-state index is 0.256. The van der Waals surface area contributed by atoms with Gasteiger partial charge >= 0.3 is 6.03 Å². The largest absolute Gasteiger partial charge is 0.379 e. The summed E-state index contributed by atoms with van der Waals surface area (Å²) < 4.78 is 10.9. The highest BCUT2D eigenvalue weighted by atomic mass is 16.5. The second-order valence-corrected chi connectivity index (χ2v) is 7.94. The van der Waals surface area contributed by atoms with Crippen LogP contribution in [0.2, 0.25) is 0 Å². The third kappa shape index (κ3) is 4.25. The molecule has 3 rings (SSSR count). The predicted molar refractivity (Wildman–Crippen MR) is 119 cm³/mol. The number of hydrogen-bond acceptors (Lipinski definition) is 6. The van der Waals surface area contributed by atoms with Gasteiger partial charge in [-0.3, -0.25) is 19.5 Å². The fourth-order valence-electron chi connectivity index (χ4n) is 4.76. The highest BCUT2D eigenvalue weighted by Crippen LogP contribution is 2.39. The van der Waals surface area contributed by atoms with Crippen LogP contribution in [-0.2, 0) is 14.3 Å². The first kappa shape index (κ1) is 23.4. The summed E-state index contributed by atoms with van der Waals surface area (Å²) in [5.74, 6) is -0.256. The third-order valence-corrected chi connectivity index (χ3v) is 6.24. The molecule has 0 radical (unpaired) electrons. The van der Waals surface area contributed by atoms with Gasteiger partial charge < -0.3 is 9.47 Å². The maximum absolute atomic E-state index is 14.0. The van der Waals surface area contributed by atoms with E-state index < -0.39 is 17.9 Å². The Kier molecular flexibility index (Phi) is 7.83. The normalized spacial score (nSPS) is 24.6. The summed E-state index contributed by atoms with van der Waals surface area (Å²) in [6.45, 7) is 20.5. The molecule has 3 heterocycles. The van der Waals surface area contributed by atoms with Crippen LogP contribution >= 0.6 is 0 Å². The van der Waals surface area contributed by atoms with Crippen LogP contribution in [-0.4, -0.2) is 102 Å². The minimum atomic E-state index is -1.11. The van der Waals surface area contributed by atoms with E-state index in [0.717, 1.165) is 0 Å². The Morgan fingerprint density at radius 1 is 0.806 bits per heavy atom. The Balaban J connectivity index is 2.04. The Hall–Kier alpha value is -2.26. The lowest BCUT2D eigenvalue weighted by molar-refractivity contribution is -0.138. The Bertz CT molecular complexity index is 702. The van der Waals surface area contributed by atoms with Crippen molar-refractivity contribution in [3.63, 3.8) is 0 Å². The van der Waals surface area contributed by atoms with Gasteiger partial charge in [-0.05, 0) is 12.8 Å². The summed E-state index contributed by atoms with van der Waals surface area (Å²) in [7, 11) is 0. The van der Waals surface area contributed by atoms with Crippen LogP contribution in [0.15, 0.2) is 50.6 Å². The quantitative estimate of drug-likeness (QED) is 0.389. The van der Waals surface area contributed by atoms with Gasteiger partial charge in [0.2, 0.25) is 0 Å². The predicted octanol–water partition coefficient (Wildman–Crippen LogP) is 1.83. The first-order valence-corrected chi connectivity index (χ1v) is 10.8. The number of carbonyl (C=O) groups is 2. The summed E-state index contributed by atoms with van der Waals surface area (Å²) in [6, 6.07) is -0.346. The average Bonchev–Trinajstić information content (AvgIpc) is 2.99. The van der Waals surface area contributed by atoms with E-state index in [1.807, 2.05) is 0 Å². The summed E-state index contributed by atoms with van der Waals surface area (Å²) in [5, 5.41) is 0. The second kappa shape index (κ2) is 10.4. The summed E-state index contributed by atoms with van der Waals surface area (Å²) in [4.78, 5) is 35.1. The molecule has 0 bridgehead atoms. The zero-order chi connectivity index (χ0) is 22.4. The number of ether oxygens (including phenoxy) is 2. The van der Waals surface area contributed by atoms with E-state index in [2.05, 4.69) is 36.1 Å². The molecule has 0 aromatic rings. The van der Waals surface area contributed by atoms with E-state index in [-0.39, 0.29) is 11.9 Å². The fourth-order valence-corrected chi connectivity index (χ4v) is 4.76. The summed E-state index contributed by atoms with van der Waals surface area (Å²) in [6.07, 6.45) is 6.44. The van der Waals surface area contributed by atoms with Gasteiger partial charge in [0.25, 0.3) is 5.91 Å². The first-order valence-electron chi connectivity index (χ1n) is 10.8. The zero-order valence-electron chi connectivity index (χ0n) is 18.3. The highest BCUT2D eigenvalue weighted by molar-refractivity contribution is 6.08. The molecule has 0 aromatic carbocycles. The number of imide groups is 1. The van der Waals surface area contributed by atoms with Gasteiger partial charge in [-0.25, -0.2) is 9.69 Å². The van der Waals surface area contributed by atoms with Gasteiger partial charge in [-0.15, -0.1) is 13.2 Å². The third-order valence-electron chi connectivity index (χ3n) is 6.24. The number of nitrogens with zero attached hydrogens (tertiary/aromatic N) is 4. The molecule has 0 saturated carbocycles. The van der Waals surface area contributed by atoms with Crippen molar-refractivity contribution in [2.45, 2.75) is 30.7 Å². The number of hydrogen-bond donors (Lipinski definition) is 0.